The molecule has 4 rings (SSSR count). The number of amides is 2. The number of rotatable bonds is 4. The largest absolute Gasteiger partial charge is 0.465 e. The van der Waals surface area contributed by atoms with Crippen LogP contribution >= 0.6 is 0 Å². The SMILES string of the molecule is COC(=O)c1cccc(-c2ccc(/C=C3/C(=O)NN(c4ccc(C)c(C)c4)C3=O)o2)c1. The molecule has 156 valence electrons. The van der Waals surface area contributed by atoms with Gasteiger partial charge < -0.3 is 9.15 Å². The fourth-order valence-corrected chi connectivity index (χ4v) is 3.25. The molecule has 0 atom stereocenters. The van der Waals surface area contributed by atoms with Crippen LogP contribution in [0.25, 0.3) is 17.4 Å². The third kappa shape index (κ3) is 3.85. The third-order valence-electron chi connectivity index (χ3n) is 5.12. The van der Waals surface area contributed by atoms with Crippen molar-refractivity contribution in [2.24, 2.45) is 0 Å². The van der Waals surface area contributed by atoms with E-state index in [0.29, 0.717) is 28.3 Å². The van der Waals surface area contributed by atoms with Crippen LogP contribution in [0.2, 0.25) is 0 Å². The van der Waals surface area contributed by atoms with Gasteiger partial charge in [0.05, 0.1) is 18.4 Å². The van der Waals surface area contributed by atoms with Crippen molar-refractivity contribution in [3.63, 3.8) is 0 Å². The van der Waals surface area contributed by atoms with Crippen molar-refractivity contribution < 1.29 is 23.5 Å². The number of hydrogen-bond acceptors (Lipinski definition) is 5. The molecule has 1 saturated heterocycles. The van der Waals surface area contributed by atoms with Gasteiger partial charge in [0.15, 0.2) is 0 Å². The summed E-state index contributed by atoms with van der Waals surface area (Å²) in [5, 5.41) is 1.23. The number of ether oxygens (including phenoxy) is 1. The summed E-state index contributed by atoms with van der Waals surface area (Å²) < 4.78 is 10.5. The first-order chi connectivity index (χ1) is 14.9. The Hall–Kier alpha value is -4.13. The van der Waals surface area contributed by atoms with Crippen LogP contribution in [-0.4, -0.2) is 24.9 Å². The number of carbonyl (C=O) groups excluding carboxylic acids is 3. The van der Waals surface area contributed by atoms with Crippen LogP contribution in [0.3, 0.4) is 0 Å². The number of esters is 1. The summed E-state index contributed by atoms with van der Waals surface area (Å²) in [4.78, 5) is 37.0. The Kier molecular flexibility index (Phi) is 5.17. The second-order valence-corrected chi connectivity index (χ2v) is 7.18. The molecule has 0 bridgehead atoms. The third-order valence-corrected chi connectivity index (χ3v) is 5.12. The second-order valence-electron chi connectivity index (χ2n) is 7.18. The van der Waals surface area contributed by atoms with E-state index in [-0.39, 0.29) is 5.57 Å². The Balaban J connectivity index is 1.60. The first-order valence-electron chi connectivity index (χ1n) is 9.60. The van der Waals surface area contributed by atoms with Gasteiger partial charge in [-0.3, -0.25) is 15.0 Å². The van der Waals surface area contributed by atoms with Crippen molar-refractivity contribution in [3.05, 3.63) is 82.6 Å². The maximum atomic E-state index is 12.8. The van der Waals surface area contributed by atoms with Crippen LogP contribution in [-0.2, 0) is 14.3 Å². The fraction of sp³-hybridized carbons (Fsp3) is 0.125. The van der Waals surface area contributed by atoms with E-state index in [4.69, 9.17) is 9.15 Å². The molecule has 0 spiro atoms. The summed E-state index contributed by atoms with van der Waals surface area (Å²) in [7, 11) is 1.32. The average Bonchev–Trinajstić information content (AvgIpc) is 3.35. The van der Waals surface area contributed by atoms with Crippen LogP contribution in [0.5, 0.6) is 0 Å². The minimum Gasteiger partial charge on any atom is -0.465 e. The highest BCUT2D eigenvalue weighted by Gasteiger charge is 2.34. The molecule has 0 saturated carbocycles. The van der Waals surface area contributed by atoms with E-state index in [9.17, 15) is 14.4 Å². The maximum absolute atomic E-state index is 12.8. The first kappa shape index (κ1) is 20.2. The lowest BCUT2D eigenvalue weighted by Gasteiger charge is -2.15. The summed E-state index contributed by atoms with van der Waals surface area (Å²) in [5.74, 6) is -0.573. The van der Waals surface area contributed by atoms with E-state index < -0.39 is 17.8 Å². The summed E-state index contributed by atoms with van der Waals surface area (Å²) in [6.45, 7) is 3.92. The lowest BCUT2D eigenvalue weighted by molar-refractivity contribution is -0.117. The topological polar surface area (TPSA) is 88.9 Å². The lowest BCUT2D eigenvalue weighted by Crippen LogP contribution is -2.35. The minimum absolute atomic E-state index is 0.0255. The van der Waals surface area contributed by atoms with Crippen molar-refractivity contribution in [1.82, 2.24) is 5.43 Å². The highest BCUT2D eigenvalue weighted by molar-refractivity contribution is 6.31. The highest BCUT2D eigenvalue weighted by atomic mass is 16.5. The van der Waals surface area contributed by atoms with Crippen LogP contribution in [0.15, 0.2) is 64.6 Å². The predicted octanol–water partition coefficient (Wildman–Crippen LogP) is 3.81. The zero-order chi connectivity index (χ0) is 22.1. The summed E-state index contributed by atoms with van der Waals surface area (Å²) in [6.07, 6.45) is 1.41. The van der Waals surface area contributed by atoms with Crippen LogP contribution in [0, 0.1) is 13.8 Å². The van der Waals surface area contributed by atoms with Gasteiger partial charge in [0, 0.05) is 5.56 Å². The van der Waals surface area contributed by atoms with Gasteiger partial charge in [0.25, 0.3) is 11.8 Å². The lowest BCUT2D eigenvalue weighted by atomic mass is 10.1. The minimum atomic E-state index is -0.506. The Morgan fingerprint density at radius 1 is 1.03 bits per heavy atom. The average molecular weight is 416 g/mol. The number of furan rings is 1. The normalized spacial score (nSPS) is 14.8. The molecule has 1 aliphatic rings. The van der Waals surface area contributed by atoms with E-state index in [1.807, 2.05) is 26.0 Å². The molecular weight excluding hydrogens is 396 g/mol. The van der Waals surface area contributed by atoms with E-state index in [1.54, 1.807) is 42.5 Å². The van der Waals surface area contributed by atoms with E-state index in [1.165, 1.54) is 18.2 Å². The zero-order valence-electron chi connectivity index (χ0n) is 17.3. The maximum Gasteiger partial charge on any atom is 0.337 e. The molecule has 2 amide bonds. The van der Waals surface area contributed by atoms with Crippen molar-refractivity contribution in [3.8, 4) is 11.3 Å². The molecule has 3 aromatic rings. The number of nitrogens with zero attached hydrogens (tertiary/aromatic N) is 1. The summed E-state index contributed by atoms with van der Waals surface area (Å²) in [5.41, 5.74) is 6.32. The number of hydrogen-bond donors (Lipinski definition) is 1. The Bertz CT molecular complexity index is 1240. The number of anilines is 1. The van der Waals surface area contributed by atoms with Crippen molar-refractivity contribution in [1.29, 1.82) is 0 Å². The summed E-state index contributed by atoms with van der Waals surface area (Å²) >= 11 is 0. The van der Waals surface area contributed by atoms with Gasteiger partial charge in [-0.2, -0.15) is 0 Å². The molecule has 1 aromatic heterocycles. The Labute approximate surface area is 178 Å². The fourth-order valence-electron chi connectivity index (χ4n) is 3.25. The monoisotopic (exact) mass is 416 g/mol. The van der Waals surface area contributed by atoms with Gasteiger partial charge in [-0.15, -0.1) is 0 Å². The van der Waals surface area contributed by atoms with Gasteiger partial charge in [-0.05, 0) is 67.4 Å². The second kappa shape index (κ2) is 7.95. The molecule has 0 radical (unpaired) electrons. The highest BCUT2D eigenvalue weighted by Crippen LogP contribution is 2.27. The number of aryl methyl sites for hydroxylation is 2. The number of benzene rings is 2. The first-order valence-corrected chi connectivity index (χ1v) is 9.60. The van der Waals surface area contributed by atoms with Crippen LogP contribution < -0.4 is 10.4 Å². The van der Waals surface area contributed by atoms with Crippen LogP contribution in [0.1, 0.15) is 27.2 Å². The number of carbonyl (C=O) groups is 3. The van der Waals surface area contributed by atoms with Gasteiger partial charge in [0.2, 0.25) is 0 Å². The van der Waals surface area contributed by atoms with Crippen molar-refractivity contribution >= 4 is 29.5 Å². The summed E-state index contributed by atoms with van der Waals surface area (Å²) in [6, 6.07) is 15.7. The molecule has 0 aliphatic carbocycles. The number of methoxy groups -OCH3 is 1. The van der Waals surface area contributed by atoms with Gasteiger partial charge >= 0.3 is 5.97 Å². The van der Waals surface area contributed by atoms with Crippen LogP contribution in [0.4, 0.5) is 5.69 Å². The molecule has 0 unspecified atom stereocenters. The number of hydrazine groups is 1. The molecule has 1 aliphatic heterocycles. The zero-order valence-corrected chi connectivity index (χ0v) is 17.3. The van der Waals surface area contributed by atoms with Gasteiger partial charge in [-0.1, -0.05) is 18.2 Å². The van der Waals surface area contributed by atoms with Gasteiger partial charge in [-0.25, -0.2) is 9.80 Å². The molecule has 1 N–H and O–H groups in total. The van der Waals surface area contributed by atoms with E-state index in [2.05, 4.69) is 5.43 Å². The molecule has 2 aromatic carbocycles. The molecule has 7 heteroatoms. The quantitative estimate of drug-likeness (QED) is 0.397. The Morgan fingerprint density at radius 2 is 1.84 bits per heavy atom. The van der Waals surface area contributed by atoms with E-state index >= 15 is 0 Å². The predicted molar refractivity (Wildman–Crippen MR) is 115 cm³/mol. The molecule has 7 nitrogen and oxygen atoms in total. The standard InChI is InChI=1S/C24H20N2O5/c1-14-7-8-18(11-15(14)2)26-23(28)20(22(27)25-26)13-19-9-10-21(31-19)16-5-4-6-17(12-16)24(29)30-3/h4-13H,1-3H3,(H,25,27)/b20-13-. The van der Waals surface area contributed by atoms with Crippen molar-refractivity contribution in [2.45, 2.75) is 13.8 Å². The molecule has 31 heavy (non-hydrogen) atoms. The Morgan fingerprint density at radius 3 is 2.58 bits per heavy atom. The van der Waals surface area contributed by atoms with Gasteiger partial charge in [0.1, 0.15) is 17.1 Å². The smallest absolute Gasteiger partial charge is 0.337 e. The van der Waals surface area contributed by atoms with Crippen molar-refractivity contribution in [2.75, 3.05) is 12.1 Å². The molecule has 1 fully saturated rings. The molecular formula is C24H20N2O5. The molecule has 2 heterocycles. The van der Waals surface area contributed by atoms with E-state index in [0.717, 1.165) is 11.1 Å². The number of nitrogens with one attached hydrogen (secondary N) is 1.